The molecule has 0 unspecified atom stereocenters. The number of aryl methyl sites for hydroxylation is 1. The number of rotatable bonds is 4. The first-order chi connectivity index (χ1) is 9.51. The zero-order valence-electron chi connectivity index (χ0n) is 10.0. The monoisotopic (exact) mass is 315 g/mol. The van der Waals surface area contributed by atoms with Crippen LogP contribution in [0.25, 0.3) is 4.96 Å². The topological polar surface area (TPSA) is 145 Å². The Bertz CT molecular complexity index is 860. The largest absolute Gasteiger partial charge is 0.306 e. The van der Waals surface area contributed by atoms with Crippen LogP contribution >= 0.6 is 11.3 Å². The van der Waals surface area contributed by atoms with Crippen molar-refractivity contribution in [3.8, 4) is 0 Å². The van der Waals surface area contributed by atoms with Crippen LogP contribution in [0.15, 0.2) is 16.6 Å². The van der Waals surface area contributed by atoms with E-state index in [0.29, 0.717) is 4.96 Å². The summed E-state index contributed by atoms with van der Waals surface area (Å²) in [6, 6.07) is 0. The van der Waals surface area contributed by atoms with Crippen molar-refractivity contribution in [3.05, 3.63) is 11.6 Å². The van der Waals surface area contributed by atoms with Crippen molar-refractivity contribution < 1.29 is 8.42 Å². The molecule has 0 aromatic carbocycles. The summed E-state index contributed by atoms with van der Waals surface area (Å²) >= 11 is 1.28. The molecule has 106 valence electrons. The molecule has 4 N–H and O–H groups in total. The Hall–Kier alpha value is -2.25. The van der Waals surface area contributed by atoms with Gasteiger partial charge in [0, 0.05) is 11.6 Å². The van der Waals surface area contributed by atoms with Crippen molar-refractivity contribution in [2.24, 2.45) is 12.9 Å². The molecular weight excluding hydrogens is 306 g/mol. The molecule has 0 aliphatic rings. The number of thiazole rings is 1. The molecule has 0 fully saturated rings. The third-order valence-corrected chi connectivity index (χ3v) is 4.45. The molecule has 3 aromatic heterocycles. The molecule has 3 rings (SSSR count). The van der Waals surface area contributed by atoms with Crippen molar-refractivity contribution in [1.82, 2.24) is 29.6 Å². The predicted octanol–water partition coefficient (Wildman–Crippen LogP) is -0.994. The minimum Gasteiger partial charge on any atom is -0.306 e. The molecule has 0 aliphatic heterocycles. The molecule has 0 spiro atoms. The smallest absolute Gasteiger partial charge is 0.284 e. The van der Waals surface area contributed by atoms with E-state index in [2.05, 4.69) is 30.5 Å². The number of sulfonamides is 1. The van der Waals surface area contributed by atoms with Gasteiger partial charge in [0.1, 0.15) is 0 Å². The van der Waals surface area contributed by atoms with Gasteiger partial charge in [-0.2, -0.15) is 18.2 Å². The number of fused-ring (bicyclic) bond motifs is 1. The van der Waals surface area contributed by atoms with E-state index in [9.17, 15) is 8.42 Å². The summed E-state index contributed by atoms with van der Waals surface area (Å²) in [4.78, 5) is 5.70. The van der Waals surface area contributed by atoms with Crippen LogP contribution in [-0.4, -0.2) is 38.0 Å². The highest BCUT2D eigenvalue weighted by molar-refractivity contribution is 7.92. The Morgan fingerprint density at radius 3 is 2.90 bits per heavy atom. The van der Waals surface area contributed by atoms with Gasteiger partial charge in [0.05, 0.1) is 7.05 Å². The Morgan fingerprint density at radius 2 is 2.25 bits per heavy atom. The lowest BCUT2D eigenvalue weighted by Gasteiger charge is -2.05. The third-order valence-electron chi connectivity index (χ3n) is 2.34. The number of nitrogens with two attached hydrogens (primary N) is 1. The van der Waals surface area contributed by atoms with Gasteiger partial charge in [0.25, 0.3) is 16.0 Å². The molecule has 11 nitrogen and oxygen atoms in total. The standard InChI is InChI=1S/C7H9N9O2S2/c1-15-12-6(11-14-15)13-20(17,18)5-4(10-8)9-7-16(5)2-3-19-7/h2-3,10H,8H2,1H3,(H,12,13). The Balaban J connectivity index is 2.10. The minimum atomic E-state index is -3.96. The van der Waals surface area contributed by atoms with E-state index in [1.165, 1.54) is 22.8 Å². The first kappa shape index (κ1) is 12.8. The van der Waals surface area contributed by atoms with Crippen LogP contribution in [0.1, 0.15) is 0 Å². The normalized spacial score (nSPS) is 11.9. The minimum absolute atomic E-state index is 0.0354. The molecule has 0 radical (unpaired) electrons. The number of nitrogens with one attached hydrogen (secondary N) is 2. The summed E-state index contributed by atoms with van der Waals surface area (Å²) in [5.41, 5.74) is 2.26. The molecule has 0 saturated heterocycles. The predicted molar refractivity (Wildman–Crippen MR) is 70.5 cm³/mol. The number of nitrogens with zero attached hydrogens (tertiary/aromatic N) is 6. The van der Waals surface area contributed by atoms with Crippen LogP contribution < -0.4 is 16.0 Å². The Labute approximate surface area is 116 Å². The highest BCUT2D eigenvalue weighted by Crippen LogP contribution is 2.25. The second-order valence-corrected chi connectivity index (χ2v) is 6.14. The number of hydrogen-bond acceptors (Lipinski definition) is 9. The molecule has 0 amide bonds. The lowest BCUT2D eigenvalue weighted by molar-refractivity contribution is 0.596. The van der Waals surface area contributed by atoms with Crippen molar-refractivity contribution in [2.75, 3.05) is 10.1 Å². The Morgan fingerprint density at radius 1 is 1.45 bits per heavy atom. The van der Waals surface area contributed by atoms with Crippen LogP contribution in [0.5, 0.6) is 0 Å². The maximum Gasteiger partial charge on any atom is 0.284 e. The maximum atomic E-state index is 12.4. The summed E-state index contributed by atoms with van der Waals surface area (Å²) < 4.78 is 28.4. The molecule has 20 heavy (non-hydrogen) atoms. The van der Waals surface area contributed by atoms with E-state index in [1.54, 1.807) is 11.6 Å². The van der Waals surface area contributed by atoms with E-state index in [0.717, 1.165) is 4.80 Å². The lowest BCUT2D eigenvalue weighted by Crippen LogP contribution is -2.19. The second-order valence-electron chi connectivity index (χ2n) is 3.67. The number of nitrogen functional groups attached to an aromatic ring is 1. The van der Waals surface area contributed by atoms with Crippen molar-refractivity contribution >= 4 is 38.1 Å². The van der Waals surface area contributed by atoms with Crippen LogP contribution in [0.2, 0.25) is 0 Å². The fraction of sp³-hybridized carbons (Fsp3) is 0.143. The lowest BCUT2D eigenvalue weighted by atomic mass is 10.7. The summed E-state index contributed by atoms with van der Waals surface area (Å²) in [7, 11) is -2.44. The molecule has 0 saturated carbocycles. The van der Waals surface area contributed by atoms with E-state index >= 15 is 0 Å². The van der Waals surface area contributed by atoms with Gasteiger partial charge < -0.3 is 5.43 Å². The number of tetrazole rings is 1. The van der Waals surface area contributed by atoms with Crippen molar-refractivity contribution in [2.45, 2.75) is 5.03 Å². The second kappa shape index (κ2) is 4.39. The third kappa shape index (κ3) is 1.97. The number of hydrazine groups is 1. The molecule has 3 heterocycles. The van der Waals surface area contributed by atoms with E-state index < -0.39 is 10.0 Å². The molecule has 0 bridgehead atoms. The van der Waals surface area contributed by atoms with Crippen molar-refractivity contribution in [1.29, 1.82) is 0 Å². The Kier molecular flexibility index (Phi) is 2.81. The van der Waals surface area contributed by atoms with Crippen LogP contribution in [0, 0.1) is 0 Å². The summed E-state index contributed by atoms with van der Waals surface area (Å²) in [5, 5.41) is 12.5. The molecular formula is C7H9N9O2S2. The van der Waals surface area contributed by atoms with E-state index in [1.807, 2.05) is 0 Å². The van der Waals surface area contributed by atoms with Gasteiger partial charge >= 0.3 is 0 Å². The molecule has 3 aromatic rings. The average molecular weight is 315 g/mol. The van der Waals surface area contributed by atoms with Crippen molar-refractivity contribution in [3.63, 3.8) is 0 Å². The molecule has 0 aliphatic carbocycles. The van der Waals surface area contributed by atoms with Gasteiger partial charge in [-0.3, -0.25) is 4.40 Å². The highest BCUT2D eigenvalue weighted by Gasteiger charge is 2.27. The number of hydrogen-bond donors (Lipinski definition) is 3. The van der Waals surface area contributed by atoms with E-state index in [-0.39, 0.29) is 16.8 Å². The van der Waals surface area contributed by atoms with Crippen LogP contribution in [0.3, 0.4) is 0 Å². The number of aromatic nitrogens is 6. The van der Waals surface area contributed by atoms with Gasteiger partial charge in [0.2, 0.25) is 5.03 Å². The highest BCUT2D eigenvalue weighted by atomic mass is 32.2. The number of imidazole rings is 1. The first-order valence-electron chi connectivity index (χ1n) is 5.20. The quantitative estimate of drug-likeness (QED) is 0.411. The SMILES string of the molecule is Cn1nnc(NS(=O)(=O)c2c(NN)nc3sccn23)n1. The average Bonchev–Trinajstić information content (AvgIpc) is 3.02. The summed E-state index contributed by atoms with van der Waals surface area (Å²) in [6.07, 6.45) is 1.58. The van der Waals surface area contributed by atoms with Crippen LogP contribution in [-0.2, 0) is 17.1 Å². The maximum absolute atomic E-state index is 12.4. The summed E-state index contributed by atoms with van der Waals surface area (Å²) in [5.74, 6) is 5.20. The zero-order chi connectivity index (χ0) is 14.3. The van der Waals surface area contributed by atoms with Gasteiger partial charge in [-0.1, -0.05) is 5.10 Å². The fourth-order valence-electron chi connectivity index (χ4n) is 1.61. The number of anilines is 2. The van der Waals surface area contributed by atoms with Gasteiger partial charge in [0.15, 0.2) is 10.8 Å². The summed E-state index contributed by atoms with van der Waals surface area (Å²) in [6.45, 7) is 0. The zero-order valence-corrected chi connectivity index (χ0v) is 11.7. The van der Waals surface area contributed by atoms with Crippen LogP contribution in [0.4, 0.5) is 11.8 Å². The fourth-order valence-corrected chi connectivity index (χ4v) is 3.57. The van der Waals surface area contributed by atoms with Gasteiger partial charge in [-0.25, -0.2) is 10.6 Å². The first-order valence-corrected chi connectivity index (χ1v) is 7.56. The molecule has 13 heteroatoms. The van der Waals surface area contributed by atoms with Gasteiger partial charge in [-0.15, -0.1) is 16.4 Å². The van der Waals surface area contributed by atoms with Gasteiger partial charge in [-0.05, 0) is 5.21 Å². The van der Waals surface area contributed by atoms with E-state index in [4.69, 9.17) is 5.84 Å². The molecule has 0 atom stereocenters.